The molecule has 10 heteroatoms. The van der Waals surface area contributed by atoms with Gasteiger partial charge < -0.3 is 15.5 Å². The van der Waals surface area contributed by atoms with Crippen molar-refractivity contribution in [2.24, 2.45) is 5.73 Å². The number of rotatable bonds is 7. The van der Waals surface area contributed by atoms with E-state index in [1.54, 1.807) is 6.92 Å². The van der Waals surface area contributed by atoms with E-state index in [1.165, 1.54) is 14.7 Å². The van der Waals surface area contributed by atoms with Crippen LogP contribution in [0.3, 0.4) is 0 Å². The minimum Gasteiger partial charge on any atom is -0.329 e. The molecule has 2 saturated heterocycles. The Kier molecular flexibility index (Phi) is 8.55. The van der Waals surface area contributed by atoms with Crippen molar-refractivity contribution in [3.63, 3.8) is 0 Å². The molecule has 2 heterocycles. The average molecular weight is 397 g/mol. The van der Waals surface area contributed by atoms with Crippen molar-refractivity contribution in [2.75, 3.05) is 32.7 Å². The molecule has 0 aromatic rings. The quantitative estimate of drug-likeness (QED) is 0.614. The van der Waals surface area contributed by atoms with Crippen LogP contribution >= 0.6 is 0 Å². The SMILES string of the molecule is CC(C)N1CC(=O)N(CCN)C1=O.CCC(=O)CN1C(=O)CN(C(C)C)C1=O. The number of urea groups is 2. The molecule has 0 spiro atoms. The van der Waals surface area contributed by atoms with Crippen molar-refractivity contribution >= 4 is 29.7 Å². The van der Waals surface area contributed by atoms with Gasteiger partial charge in [-0.2, -0.15) is 0 Å². The standard InChI is InChI=1S/C10H16N2O3.C8H15N3O2/c1-4-8(13)5-12-9(14)6-11(7(2)3)10(12)15;1-6(2)11-5-7(12)10(4-3-9)8(11)13/h7H,4-6H2,1-3H3;6H,3-5,9H2,1-2H3. The van der Waals surface area contributed by atoms with Crippen LogP contribution in [0.2, 0.25) is 0 Å². The highest BCUT2D eigenvalue weighted by Gasteiger charge is 2.38. The number of nitrogens with zero attached hydrogens (tertiary/aromatic N) is 4. The van der Waals surface area contributed by atoms with E-state index in [4.69, 9.17) is 5.73 Å². The van der Waals surface area contributed by atoms with E-state index in [0.29, 0.717) is 19.5 Å². The van der Waals surface area contributed by atoms with Crippen LogP contribution in [0.1, 0.15) is 41.0 Å². The normalized spacial score (nSPS) is 17.3. The zero-order valence-corrected chi connectivity index (χ0v) is 17.3. The molecule has 2 aliphatic heterocycles. The summed E-state index contributed by atoms with van der Waals surface area (Å²) in [6.07, 6.45) is 0.346. The molecule has 2 aliphatic rings. The molecular weight excluding hydrogens is 366 g/mol. The van der Waals surface area contributed by atoms with Gasteiger partial charge in [-0.15, -0.1) is 0 Å². The summed E-state index contributed by atoms with van der Waals surface area (Å²) in [4.78, 5) is 62.4. The van der Waals surface area contributed by atoms with Crippen molar-refractivity contribution in [1.29, 1.82) is 0 Å². The summed E-state index contributed by atoms with van der Waals surface area (Å²) in [5, 5.41) is 0. The molecule has 0 aliphatic carbocycles. The summed E-state index contributed by atoms with van der Waals surface area (Å²) in [5.74, 6) is -0.526. The lowest BCUT2D eigenvalue weighted by atomic mass is 10.3. The van der Waals surface area contributed by atoms with E-state index in [2.05, 4.69) is 0 Å². The van der Waals surface area contributed by atoms with Crippen LogP contribution in [0.25, 0.3) is 0 Å². The fourth-order valence-electron chi connectivity index (χ4n) is 2.72. The number of carbonyl (C=O) groups is 5. The topological polar surface area (TPSA) is 124 Å². The molecule has 0 unspecified atom stereocenters. The maximum absolute atomic E-state index is 11.7. The lowest BCUT2D eigenvalue weighted by Crippen LogP contribution is -2.38. The zero-order chi connectivity index (χ0) is 21.6. The maximum atomic E-state index is 11.7. The van der Waals surface area contributed by atoms with Crippen molar-refractivity contribution < 1.29 is 24.0 Å². The van der Waals surface area contributed by atoms with E-state index in [9.17, 15) is 24.0 Å². The van der Waals surface area contributed by atoms with Gasteiger partial charge in [0.15, 0.2) is 5.78 Å². The summed E-state index contributed by atoms with van der Waals surface area (Å²) in [6, 6.07) is -0.510. The van der Waals surface area contributed by atoms with Gasteiger partial charge in [0.05, 0.1) is 6.54 Å². The first-order valence-electron chi connectivity index (χ1n) is 9.48. The Morgan fingerprint density at radius 1 is 0.893 bits per heavy atom. The summed E-state index contributed by atoms with van der Waals surface area (Å²) in [5.41, 5.74) is 5.29. The number of nitrogens with two attached hydrogens (primary N) is 1. The molecule has 10 nitrogen and oxygen atoms in total. The van der Waals surface area contributed by atoms with Gasteiger partial charge in [-0.1, -0.05) is 6.92 Å². The molecule has 0 bridgehead atoms. The molecule has 2 rings (SSSR count). The Balaban J connectivity index is 0.000000283. The first kappa shape index (κ1) is 23.5. The molecule has 0 aromatic carbocycles. The van der Waals surface area contributed by atoms with Gasteiger partial charge >= 0.3 is 12.1 Å². The number of carbonyl (C=O) groups excluding carboxylic acids is 5. The van der Waals surface area contributed by atoms with Gasteiger partial charge in [-0.25, -0.2) is 9.59 Å². The van der Waals surface area contributed by atoms with Crippen LogP contribution in [-0.4, -0.2) is 94.1 Å². The second-order valence-corrected chi connectivity index (χ2v) is 7.21. The van der Waals surface area contributed by atoms with Crippen LogP contribution in [-0.2, 0) is 14.4 Å². The van der Waals surface area contributed by atoms with Gasteiger partial charge in [-0.3, -0.25) is 24.2 Å². The molecule has 0 radical (unpaired) electrons. The number of hydrogen-bond donors (Lipinski definition) is 1. The third-order valence-electron chi connectivity index (χ3n) is 4.49. The molecule has 6 amide bonds. The summed E-state index contributed by atoms with van der Waals surface area (Å²) >= 11 is 0. The minimum atomic E-state index is -0.350. The summed E-state index contributed by atoms with van der Waals surface area (Å²) < 4.78 is 0. The van der Waals surface area contributed by atoms with Crippen molar-refractivity contribution in [1.82, 2.24) is 19.6 Å². The van der Waals surface area contributed by atoms with Gasteiger partial charge in [-0.05, 0) is 27.7 Å². The third-order valence-corrected chi connectivity index (χ3v) is 4.49. The lowest BCUT2D eigenvalue weighted by molar-refractivity contribution is -0.129. The predicted octanol–water partition coefficient (Wildman–Crippen LogP) is 0.256. The second kappa shape index (κ2) is 10.2. The first-order valence-corrected chi connectivity index (χ1v) is 9.48. The highest BCUT2D eigenvalue weighted by Crippen LogP contribution is 2.14. The average Bonchev–Trinajstić information content (AvgIpc) is 3.07. The van der Waals surface area contributed by atoms with Crippen LogP contribution in [0.15, 0.2) is 0 Å². The highest BCUT2D eigenvalue weighted by atomic mass is 16.2. The molecule has 2 fully saturated rings. The molecule has 0 saturated carbocycles. The fraction of sp³-hybridized carbons (Fsp3) is 0.722. The number of amides is 6. The van der Waals surface area contributed by atoms with E-state index >= 15 is 0 Å². The highest BCUT2D eigenvalue weighted by molar-refractivity contribution is 6.05. The Morgan fingerprint density at radius 2 is 1.32 bits per heavy atom. The summed E-state index contributed by atoms with van der Waals surface area (Å²) in [6.45, 7) is 10.0. The Morgan fingerprint density at radius 3 is 1.68 bits per heavy atom. The third kappa shape index (κ3) is 5.51. The van der Waals surface area contributed by atoms with Gasteiger partial charge in [0.25, 0.3) is 5.91 Å². The molecular formula is C18H31N5O5. The van der Waals surface area contributed by atoms with Crippen LogP contribution in [0.5, 0.6) is 0 Å². The molecule has 0 aromatic heterocycles. The molecule has 28 heavy (non-hydrogen) atoms. The minimum absolute atomic E-state index is 0.0109. The Bertz CT molecular complexity index is 634. The van der Waals surface area contributed by atoms with E-state index in [-0.39, 0.29) is 61.4 Å². The van der Waals surface area contributed by atoms with E-state index in [1.807, 2.05) is 27.7 Å². The molecule has 2 N–H and O–H groups in total. The predicted molar refractivity (Wildman–Crippen MR) is 102 cm³/mol. The second-order valence-electron chi connectivity index (χ2n) is 7.21. The fourth-order valence-corrected chi connectivity index (χ4v) is 2.72. The number of imide groups is 2. The molecule has 158 valence electrons. The van der Waals surface area contributed by atoms with Crippen LogP contribution in [0.4, 0.5) is 9.59 Å². The van der Waals surface area contributed by atoms with Gasteiger partial charge in [0, 0.05) is 31.6 Å². The van der Waals surface area contributed by atoms with Crippen molar-refractivity contribution in [3.05, 3.63) is 0 Å². The van der Waals surface area contributed by atoms with Crippen LogP contribution in [0, 0.1) is 0 Å². The van der Waals surface area contributed by atoms with E-state index in [0.717, 1.165) is 4.90 Å². The Labute approximate surface area is 165 Å². The number of hydrogen-bond acceptors (Lipinski definition) is 6. The number of Topliss-reactive ketones (excluding diaryl/α,β-unsaturated/α-hetero) is 1. The Hall–Kier alpha value is -2.49. The van der Waals surface area contributed by atoms with E-state index < -0.39 is 0 Å². The number of ketones is 1. The summed E-state index contributed by atoms with van der Waals surface area (Å²) in [7, 11) is 0. The lowest BCUT2D eigenvalue weighted by Gasteiger charge is -2.19. The van der Waals surface area contributed by atoms with Gasteiger partial charge in [0.1, 0.15) is 13.1 Å². The van der Waals surface area contributed by atoms with Crippen molar-refractivity contribution in [3.8, 4) is 0 Å². The van der Waals surface area contributed by atoms with Gasteiger partial charge in [0.2, 0.25) is 5.91 Å². The maximum Gasteiger partial charge on any atom is 0.327 e. The van der Waals surface area contributed by atoms with Crippen molar-refractivity contribution in [2.45, 2.75) is 53.1 Å². The zero-order valence-electron chi connectivity index (χ0n) is 17.3. The first-order chi connectivity index (χ1) is 13.0. The van der Waals surface area contributed by atoms with Crippen LogP contribution < -0.4 is 5.73 Å². The largest absolute Gasteiger partial charge is 0.329 e. The monoisotopic (exact) mass is 397 g/mol. The smallest absolute Gasteiger partial charge is 0.327 e. The molecule has 0 atom stereocenters.